The predicted molar refractivity (Wildman–Crippen MR) is 164 cm³/mol. The normalized spacial score (nSPS) is 12.0. The Kier molecular flexibility index (Phi) is 11.6. The van der Waals surface area contributed by atoms with Crippen molar-refractivity contribution in [2.45, 2.75) is 51.7 Å². The molecule has 8 nitrogen and oxygen atoms in total. The summed E-state index contributed by atoms with van der Waals surface area (Å²) < 4.78 is 31.7. The lowest BCUT2D eigenvalue weighted by Gasteiger charge is -2.32. The molecule has 220 valence electrons. The van der Waals surface area contributed by atoms with Gasteiger partial charge in [0, 0.05) is 37.0 Å². The molecule has 0 saturated heterocycles. The molecule has 0 aromatic heterocycles. The van der Waals surface area contributed by atoms with Crippen LogP contribution in [-0.4, -0.2) is 57.1 Å². The Hall–Kier alpha value is -3.56. The van der Waals surface area contributed by atoms with Crippen molar-refractivity contribution in [3.63, 3.8) is 0 Å². The number of nitrogens with one attached hydrogen (secondary N) is 1. The molecule has 3 aromatic carbocycles. The van der Waals surface area contributed by atoms with Crippen molar-refractivity contribution in [2.75, 3.05) is 24.2 Å². The van der Waals surface area contributed by atoms with E-state index in [1.807, 2.05) is 50.2 Å². The van der Waals surface area contributed by atoms with Crippen molar-refractivity contribution in [2.24, 2.45) is 0 Å². The molecule has 0 heterocycles. The van der Waals surface area contributed by atoms with Crippen LogP contribution in [0.3, 0.4) is 0 Å². The molecule has 3 aromatic rings. The van der Waals surface area contributed by atoms with E-state index in [0.29, 0.717) is 22.9 Å². The maximum Gasteiger partial charge on any atom is 0.243 e. The largest absolute Gasteiger partial charge is 0.497 e. The van der Waals surface area contributed by atoms with Crippen molar-refractivity contribution in [1.29, 1.82) is 0 Å². The first-order chi connectivity index (χ1) is 19.5. The second-order valence-electron chi connectivity index (χ2n) is 10.2. The third-order valence-electron chi connectivity index (χ3n) is 6.46. The first-order valence-electron chi connectivity index (χ1n) is 13.5. The minimum Gasteiger partial charge on any atom is -0.497 e. The molecule has 0 saturated carbocycles. The lowest BCUT2D eigenvalue weighted by Crippen LogP contribution is -2.51. The standard InChI is InChI=1S/C31H38ClN3O5S/c1-23(2)33-31(37)29(21-24-10-6-5-7-11-24)34(22-25-12-8-13-26(32)20-25)30(36)14-9-19-35(41(4,38)39)27-15-17-28(40-3)18-16-27/h5-8,10-13,15-18,20,23,29H,9,14,19,21-22H2,1-4H3,(H,33,37)/t29-/m1/s1. The van der Waals surface area contributed by atoms with E-state index in [9.17, 15) is 18.0 Å². The van der Waals surface area contributed by atoms with Gasteiger partial charge in [0.05, 0.1) is 19.1 Å². The number of hydrogen-bond donors (Lipinski definition) is 1. The van der Waals surface area contributed by atoms with Crippen LogP contribution in [0.5, 0.6) is 5.75 Å². The van der Waals surface area contributed by atoms with Crippen LogP contribution in [0.25, 0.3) is 0 Å². The summed E-state index contributed by atoms with van der Waals surface area (Å²) in [5, 5.41) is 3.50. The molecule has 0 aliphatic carbocycles. The Labute approximate surface area is 248 Å². The van der Waals surface area contributed by atoms with E-state index >= 15 is 0 Å². The van der Waals surface area contributed by atoms with Gasteiger partial charge in [-0.1, -0.05) is 54.1 Å². The number of methoxy groups -OCH3 is 1. The van der Waals surface area contributed by atoms with E-state index in [2.05, 4.69) is 5.32 Å². The Morgan fingerprint density at radius 2 is 1.61 bits per heavy atom. The number of ether oxygens (including phenoxy) is 1. The highest BCUT2D eigenvalue weighted by molar-refractivity contribution is 7.92. The number of rotatable bonds is 14. The number of nitrogens with zero attached hydrogens (tertiary/aromatic N) is 2. The van der Waals surface area contributed by atoms with Gasteiger partial charge in [-0.3, -0.25) is 13.9 Å². The van der Waals surface area contributed by atoms with Gasteiger partial charge in [0.1, 0.15) is 11.8 Å². The van der Waals surface area contributed by atoms with Crippen LogP contribution in [0, 0.1) is 0 Å². The zero-order valence-corrected chi connectivity index (χ0v) is 25.5. The summed E-state index contributed by atoms with van der Waals surface area (Å²) in [6.45, 7) is 4.03. The average Bonchev–Trinajstić information content (AvgIpc) is 2.92. The summed E-state index contributed by atoms with van der Waals surface area (Å²) in [4.78, 5) is 28.9. The summed E-state index contributed by atoms with van der Waals surface area (Å²) >= 11 is 6.23. The van der Waals surface area contributed by atoms with Crippen LogP contribution >= 0.6 is 11.6 Å². The zero-order valence-electron chi connectivity index (χ0n) is 23.9. The molecule has 0 unspecified atom stereocenters. The van der Waals surface area contributed by atoms with Crippen LogP contribution in [0.2, 0.25) is 5.02 Å². The third kappa shape index (κ3) is 9.79. The summed E-state index contributed by atoms with van der Waals surface area (Å²) in [5.74, 6) is 0.0985. The molecule has 2 amide bonds. The van der Waals surface area contributed by atoms with Gasteiger partial charge in [-0.15, -0.1) is 0 Å². The summed E-state index contributed by atoms with van der Waals surface area (Å²) in [5.41, 5.74) is 2.19. The number of anilines is 1. The topological polar surface area (TPSA) is 96.0 Å². The van der Waals surface area contributed by atoms with Gasteiger partial charge in [0.2, 0.25) is 21.8 Å². The Morgan fingerprint density at radius 3 is 2.20 bits per heavy atom. The fourth-order valence-electron chi connectivity index (χ4n) is 4.52. The lowest BCUT2D eigenvalue weighted by molar-refractivity contribution is -0.141. The maximum atomic E-state index is 13.8. The Morgan fingerprint density at radius 1 is 0.951 bits per heavy atom. The third-order valence-corrected chi connectivity index (χ3v) is 7.89. The number of sulfonamides is 1. The van der Waals surface area contributed by atoms with Crippen molar-refractivity contribution in [1.82, 2.24) is 10.2 Å². The summed E-state index contributed by atoms with van der Waals surface area (Å²) in [7, 11) is -2.07. The molecule has 0 aliphatic heterocycles. The minimum atomic E-state index is -3.60. The second kappa shape index (κ2) is 14.9. The molecule has 1 atom stereocenters. The highest BCUT2D eigenvalue weighted by Gasteiger charge is 2.31. The molecule has 0 radical (unpaired) electrons. The van der Waals surface area contributed by atoms with Gasteiger partial charge in [0.25, 0.3) is 0 Å². The molecule has 1 N–H and O–H groups in total. The number of amides is 2. The van der Waals surface area contributed by atoms with E-state index in [-0.39, 0.29) is 43.8 Å². The van der Waals surface area contributed by atoms with E-state index in [4.69, 9.17) is 16.3 Å². The van der Waals surface area contributed by atoms with Crippen LogP contribution in [0.1, 0.15) is 37.8 Å². The van der Waals surface area contributed by atoms with E-state index in [0.717, 1.165) is 17.4 Å². The van der Waals surface area contributed by atoms with Gasteiger partial charge < -0.3 is 15.0 Å². The van der Waals surface area contributed by atoms with Crippen LogP contribution in [0.15, 0.2) is 78.9 Å². The molecule has 3 rings (SSSR count). The monoisotopic (exact) mass is 599 g/mol. The Bertz CT molecular complexity index is 1400. The first kappa shape index (κ1) is 32.0. The highest BCUT2D eigenvalue weighted by Crippen LogP contribution is 2.23. The maximum absolute atomic E-state index is 13.8. The Balaban J connectivity index is 1.87. The van der Waals surface area contributed by atoms with Crippen molar-refractivity contribution >= 4 is 39.1 Å². The van der Waals surface area contributed by atoms with Gasteiger partial charge in [0.15, 0.2) is 0 Å². The lowest BCUT2D eigenvalue weighted by atomic mass is 10.0. The molecule has 0 fully saturated rings. The SMILES string of the molecule is COc1ccc(N(CCCC(=O)N(Cc2cccc(Cl)c2)[C@H](Cc2ccccc2)C(=O)NC(C)C)S(C)(=O)=O)cc1. The number of halogens is 1. The molecule has 0 aliphatic rings. The van der Waals surface area contributed by atoms with Gasteiger partial charge in [-0.2, -0.15) is 0 Å². The molecule has 0 bridgehead atoms. The average molecular weight is 600 g/mol. The van der Waals surface area contributed by atoms with E-state index in [1.54, 1.807) is 47.4 Å². The molecular formula is C31H38ClN3O5S. The van der Waals surface area contributed by atoms with Gasteiger partial charge >= 0.3 is 0 Å². The summed E-state index contributed by atoms with van der Waals surface area (Å²) in [6.07, 6.45) is 1.76. The predicted octanol–water partition coefficient (Wildman–Crippen LogP) is 5.06. The van der Waals surface area contributed by atoms with Crippen LogP contribution in [0.4, 0.5) is 5.69 Å². The van der Waals surface area contributed by atoms with Gasteiger partial charge in [-0.05, 0) is 67.8 Å². The second-order valence-corrected chi connectivity index (χ2v) is 12.5. The fraction of sp³-hybridized carbons (Fsp3) is 0.355. The quantitative estimate of drug-likeness (QED) is 0.279. The molecule has 0 spiro atoms. The van der Waals surface area contributed by atoms with Crippen molar-refractivity contribution in [3.05, 3.63) is 95.0 Å². The molecular weight excluding hydrogens is 562 g/mol. The van der Waals surface area contributed by atoms with Crippen molar-refractivity contribution < 1.29 is 22.7 Å². The van der Waals surface area contributed by atoms with Gasteiger partial charge in [-0.25, -0.2) is 8.42 Å². The highest BCUT2D eigenvalue weighted by atomic mass is 35.5. The number of carbonyl (C=O) groups excluding carboxylic acids is 2. The van der Waals surface area contributed by atoms with E-state index < -0.39 is 16.1 Å². The summed E-state index contributed by atoms with van der Waals surface area (Å²) in [6, 6.07) is 22.6. The van der Waals surface area contributed by atoms with Crippen LogP contribution < -0.4 is 14.4 Å². The first-order valence-corrected chi connectivity index (χ1v) is 15.7. The molecule has 41 heavy (non-hydrogen) atoms. The zero-order chi connectivity index (χ0) is 30.0. The fourth-order valence-corrected chi connectivity index (χ4v) is 5.70. The van der Waals surface area contributed by atoms with Crippen molar-refractivity contribution in [3.8, 4) is 5.75 Å². The van der Waals surface area contributed by atoms with E-state index in [1.165, 1.54) is 11.4 Å². The number of carbonyl (C=O) groups is 2. The van der Waals surface area contributed by atoms with Crippen LogP contribution in [-0.2, 0) is 32.6 Å². The number of hydrogen-bond acceptors (Lipinski definition) is 5. The minimum absolute atomic E-state index is 0.0446. The number of benzene rings is 3. The smallest absolute Gasteiger partial charge is 0.243 e. The molecule has 10 heteroatoms.